The predicted octanol–water partition coefficient (Wildman–Crippen LogP) is 14.3. The van der Waals surface area contributed by atoms with Crippen LogP contribution in [0.4, 0.5) is 0 Å². The Morgan fingerprint density at radius 1 is 0.328 bits per heavy atom. The Kier molecular flexibility index (Phi) is 8.77. The first-order valence-electron chi connectivity index (χ1n) is 21.3. The van der Waals surface area contributed by atoms with E-state index in [2.05, 4.69) is 185 Å². The van der Waals surface area contributed by atoms with Crippen LogP contribution in [-0.2, 0) is 0 Å². The third-order valence-electron chi connectivity index (χ3n) is 12.2. The zero-order chi connectivity index (χ0) is 42.6. The second-order valence-electron chi connectivity index (χ2n) is 15.9. The highest BCUT2D eigenvalue weighted by Crippen LogP contribution is 2.42. The molecule has 6 heteroatoms. The molecule has 0 aliphatic rings. The van der Waals surface area contributed by atoms with E-state index in [9.17, 15) is 5.26 Å². The Morgan fingerprint density at radius 3 is 1.50 bits per heavy atom. The number of rotatable bonds is 7. The molecule has 0 aliphatic heterocycles. The van der Waals surface area contributed by atoms with Gasteiger partial charge in [0, 0.05) is 43.8 Å². The highest BCUT2D eigenvalue weighted by atomic mass is 15.0. The van der Waals surface area contributed by atoms with Gasteiger partial charge in [0.15, 0.2) is 17.5 Å². The molecule has 9 aromatic carbocycles. The van der Waals surface area contributed by atoms with Crippen LogP contribution in [0.25, 0.3) is 111 Å². The van der Waals surface area contributed by atoms with E-state index >= 15 is 0 Å². The van der Waals surface area contributed by atoms with E-state index in [4.69, 9.17) is 15.0 Å². The number of nitrogens with zero attached hydrogens (tertiary/aromatic N) is 6. The molecule has 0 spiro atoms. The summed E-state index contributed by atoms with van der Waals surface area (Å²) in [6, 6.07) is 78.1. The lowest BCUT2D eigenvalue weighted by molar-refractivity contribution is 1.07. The summed E-state index contributed by atoms with van der Waals surface area (Å²) in [5, 5.41) is 14.5. The summed E-state index contributed by atoms with van der Waals surface area (Å²) < 4.78 is 4.71. The zero-order valence-corrected chi connectivity index (χ0v) is 34.5. The van der Waals surface area contributed by atoms with Gasteiger partial charge in [-0.25, -0.2) is 15.0 Å². The van der Waals surface area contributed by atoms with E-state index in [1.807, 2.05) is 48.5 Å². The van der Waals surface area contributed by atoms with Crippen LogP contribution in [-0.4, -0.2) is 24.1 Å². The Hall–Kier alpha value is -8.92. The van der Waals surface area contributed by atoms with Crippen molar-refractivity contribution in [3.05, 3.63) is 224 Å². The van der Waals surface area contributed by atoms with Crippen LogP contribution in [0.3, 0.4) is 0 Å². The van der Waals surface area contributed by atoms with Crippen LogP contribution in [0.1, 0.15) is 5.56 Å². The minimum Gasteiger partial charge on any atom is -0.309 e. The fraction of sp³-hybridized carbons (Fsp3) is 0. The molecule has 0 bridgehead atoms. The van der Waals surface area contributed by atoms with Crippen LogP contribution in [0.15, 0.2) is 218 Å². The number of nitriles is 1. The van der Waals surface area contributed by atoms with E-state index in [1.54, 1.807) is 0 Å². The van der Waals surface area contributed by atoms with Crippen molar-refractivity contribution < 1.29 is 0 Å². The van der Waals surface area contributed by atoms with Gasteiger partial charge in [0.25, 0.3) is 0 Å². The first kappa shape index (κ1) is 36.9. The second kappa shape index (κ2) is 15.2. The number of hydrogen-bond donors (Lipinski definition) is 0. The normalized spacial score (nSPS) is 11.4. The van der Waals surface area contributed by atoms with Gasteiger partial charge in [0.2, 0.25) is 0 Å². The molecule has 0 amide bonds. The molecule has 0 saturated heterocycles. The van der Waals surface area contributed by atoms with Gasteiger partial charge in [-0.15, -0.1) is 0 Å². The Bertz CT molecular complexity index is 3770. The summed E-state index contributed by atoms with van der Waals surface area (Å²) in [6.07, 6.45) is 0. The maximum Gasteiger partial charge on any atom is 0.164 e. The summed E-state index contributed by atoms with van der Waals surface area (Å²) >= 11 is 0. The Balaban J connectivity index is 1.10. The SMILES string of the molecule is N#Cc1ccc2c3ccccc3n(-c3cccc4c3c3ccccc3n4-c3cc(-c4nc(-c5ccccc5)nc(-c5ccc(-c6ccccc6)cc5)n4)ccc3-c3ccccc3)c2c1. The van der Waals surface area contributed by atoms with Crippen molar-refractivity contribution in [1.82, 2.24) is 24.1 Å². The average Bonchev–Trinajstić information content (AvgIpc) is 3.89. The van der Waals surface area contributed by atoms with Crippen molar-refractivity contribution >= 4 is 43.6 Å². The quantitative estimate of drug-likeness (QED) is 0.161. The molecule has 3 aromatic heterocycles. The van der Waals surface area contributed by atoms with E-state index < -0.39 is 0 Å². The summed E-state index contributed by atoms with van der Waals surface area (Å²) in [6.45, 7) is 0. The molecule has 12 aromatic rings. The van der Waals surface area contributed by atoms with Crippen molar-refractivity contribution in [2.45, 2.75) is 0 Å². The van der Waals surface area contributed by atoms with Crippen LogP contribution >= 0.6 is 0 Å². The molecular weight excluding hydrogens is 781 g/mol. The number of fused-ring (bicyclic) bond motifs is 6. The monoisotopic (exact) mass is 816 g/mol. The minimum atomic E-state index is 0.580. The largest absolute Gasteiger partial charge is 0.309 e. The molecule has 0 radical (unpaired) electrons. The van der Waals surface area contributed by atoms with Crippen molar-refractivity contribution in [2.75, 3.05) is 0 Å². The predicted molar refractivity (Wildman–Crippen MR) is 260 cm³/mol. The van der Waals surface area contributed by atoms with Gasteiger partial charge in [-0.05, 0) is 59.2 Å². The van der Waals surface area contributed by atoms with E-state index in [-0.39, 0.29) is 0 Å². The summed E-state index contributed by atoms with van der Waals surface area (Å²) in [4.78, 5) is 15.5. The molecule has 0 aliphatic carbocycles. The number of hydrogen-bond acceptors (Lipinski definition) is 4. The third-order valence-corrected chi connectivity index (χ3v) is 12.2. The van der Waals surface area contributed by atoms with Crippen molar-refractivity contribution in [3.8, 4) is 73.9 Å². The Morgan fingerprint density at radius 2 is 0.812 bits per heavy atom. The van der Waals surface area contributed by atoms with E-state index in [1.165, 1.54) is 0 Å². The van der Waals surface area contributed by atoms with Gasteiger partial charge < -0.3 is 9.13 Å². The average molecular weight is 817 g/mol. The van der Waals surface area contributed by atoms with Gasteiger partial charge in [0.05, 0.1) is 45.1 Å². The van der Waals surface area contributed by atoms with E-state index in [0.29, 0.717) is 23.0 Å². The molecule has 0 atom stereocenters. The highest BCUT2D eigenvalue weighted by molar-refractivity contribution is 6.17. The molecule has 6 nitrogen and oxygen atoms in total. The van der Waals surface area contributed by atoms with Crippen molar-refractivity contribution in [2.24, 2.45) is 0 Å². The summed E-state index contributed by atoms with van der Waals surface area (Å²) in [7, 11) is 0. The van der Waals surface area contributed by atoms with Gasteiger partial charge in [0.1, 0.15) is 0 Å². The first-order valence-corrected chi connectivity index (χ1v) is 21.3. The smallest absolute Gasteiger partial charge is 0.164 e. The molecule has 0 saturated carbocycles. The van der Waals surface area contributed by atoms with Gasteiger partial charge in [-0.2, -0.15) is 5.26 Å². The number of para-hydroxylation sites is 2. The molecule has 0 unspecified atom stereocenters. The van der Waals surface area contributed by atoms with Crippen LogP contribution < -0.4 is 0 Å². The third kappa shape index (κ3) is 6.14. The maximum absolute atomic E-state index is 10.0. The number of aromatic nitrogens is 5. The second-order valence-corrected chi connectivity index (χ2v) is 15.9. The molecule has 0 N–H and O–H groups in total. The van der Waals surface area contributed by atoms with Crippen LogP contribution in [0, 0.1) is 11.3 Å². The molecular formula is C58H36N6. The topological polar surface area (TPSA) is 72.3 Å². The molecule has 64 heavy (non-hydrogen) atoms. The molecule has 298 valence electrons. The summed E-state index contributed by atoms with van der Waals surface area (Å²) in [5.74, 6) is 1.79. The van der Waals surface area contributed by atoms with Gasteiger partial charge in [-0.3, -0.25) is 0 Å². The molecule has 12 rings (SSSR count). The van der Waals surface area contributed by atoms with Gasteiger partial charge >= 0.3 is 0 Å². The highest BCUT2D eigenvalue weighted by Gasteiger charge is 2.22. The lowest BCUT2D eigenvalue weighted by Crippen LogP contribution is -2.02. The minimum absolute atomic E-state index is 0.580. The first-order chi connectivity index (χ1) is 31.7. The lowest BCUT2D eigenvalue weighted by Gasteiger charge is -2.17. The molecule has 0 fully saturated rings. The maximum atomic E-state index is 10.0. The Labute approximate surface area is 369 Å². The van der Waals surface area contributed by atoms with E-state index in [0.717, 1.165) is 93.9 Å². The number of benzene rings is 9. The fourth-order valence-electron chi connectivity index (χ4n) is 9.26. The van der Waals surface area contributed by atoms with Crippen molar-refractivity contribution in [1.29, 1.82) is 5.26 Å². The zero-order valence-electron chi connectivity index (χ0n) is 34.5. The standard InChI is InChI=1S/C58H36N6/c59-37-38-27-33-47-46-21-10-12-23-49(46)63(53(47)35-38)51-25-14-26-52-55(51)48-22-11-13-24-50(48)64(52)54-36-44(32-34-45(54)41-17-6-2-7-18-41)58-61-56(42-19-8-3-9-20-42)60-57(62-58)43-30-28-40(29-31-43)39-15-4-1-5-16-39/h1-36H. The van der Waals surface area contributed by atoms with Crippen LogP contribution in [0.5, 0.6) is 0 Å². The molecule has 3 heterocycles. The summed E-state index contributed by atoms with van der Waals surface area (Å²) in [5.41, 5.74) is 14.0. The fourth-order valence-corrected chi connectivity index (χ4v) is 9.26. The lowest BCUT2D eigenvalue weighted by atomic mass is 10.0. The van der Waals surface area contributed by atoms with Crippen LogP contribution in [0.2, 0.25) is 0 Å². The van der Waals surface area contributed by atoms with Gasteiger partial charge in [-0.1, -0.05) is 176 Å². The van der Waals surface area contributed by atoms with Crippen molar-refractivity contribution in [3.63, 3.8) is 0 Å².